The molecule has 0 aliphatic carbocycles. The highest BCUT2D eigenvalue weighted by Gasteiger charge is 2.12. The highest BCUT2D eigenvalue weighted by molar-refractivity contribution is 5.88. The maximum atomic E-state index is 12.0. The minimum Gasteiger partial charge on any atom is -0.465 e. The Morgan fingerprint density at radius 1 is 1.39 bits per heavy atom. The van der Waals surface area contributed by atoms with Crippen LogP contribution in [0, 0.1) is 0 Å². The van der Waals surface area contributed by atoms with Crippen molar-refractivity contribution >= 4 is 5.97 Å². The van der Waals surface area contributed by atoms with Gasteiger partial charge in [-0.3, -0.25) is 4.79 Å². The van der Waals surface area contributed by atoms with Gasteiger partial charge >= 0.3 is 5.97 Å². The largest absolute Gasteiger partial charge is 0.465 e. The van der Waals surface area contributed by atoms with E-state index in [1.54, 1.807) is 16.8 Å². The normalized spacial score (nSPS) is 10.7. The van der Waals surface area contributed by atoms with Crippen molar-refractivity contribution in [2.24, 2.45) is 0 Å². The summed E-state index contributed by atoms with van der Waals surface area (Å²) in [6.45, 7) is 7.42. The van der Waals surface area contributed by atoms with Crippen LogP contribution >= 0.6 is 0 Å². The van der Waals surface area contributed by atoms with E-state index in [-0.39, 0.29) is 11.1 Å². The van der Waals surface area contributed by atoms with Crippen LogP contribution in [0.3, 0.4) is 0 Å². The fourth-order valence-electron chi connectivity index (χ4n) is 1.77. The lowest BCUT2D eigenvalue weighted by molar-refractivity contribution is 0.0598. The molecule has 18 heavy (non-hydrogen) atoms. The molecule has 5 heteroatoms. The third-order valence-corrected chi connectivity index (χ3v) is 2.98. The molecular formula is C13H20N2O3. The van der Waals surface area contributed by atoms with Crippen LogP contribution in [-0.4, -0.2) is 42.2 Å². The fraction of sp³-hybridized carbons (Fsp3) is 0.538. The number of aromatic nitrogens is 1. The number of pyridine rings is 1. The van der Waals surface area contributed by atoms with Crippen LogP contribution in [0.1, 0.15) is 24.2 Å². The Morgan fingerprint density at radius 3 is 2.61 bits per heavy atom. The molecular weight excluding hydrogens is 232 g/mol. The molecule has 1 rings (SSSR count). The number of nitrogens with zero attached hydrogens (tertiary/aromatic N) is 2. The molecule has 0 N–H and O–H groups in total. The summed E-state index contributed by atoms with van der Waals surface area (Å²) in [5.74, 6) is -0.586. The van der Waals surface area contributed by atoms with E-state index in [1.807, 2.05) is 0 Å². The van der Waals surface area contributed by atoms with Gasteiger partial charge in [0.25, 0.3) is 5.56 Å². The summed E-state index contributed by atoms with van der Waals surface area (Å²) in [5, 5.41) is 0. The first-order valence-corrected chi connectivity index (χ1v) is 6.14. The lowest BCUT2D eigenvalue weighted by atomic mass is 10.3. The first-order chi connectivity index (χ1) is 8.63. The van der Waals surface area contributed by atoms with Gasteiger partial charge in [-0.05, 0) is 25.2 Å². The average Bonchev–Trinajstić information content (AvgIpc) is 2.40. The highest BCUT2D eigenvalue weighted by Crippen LogP contribution is 1.96. The summed E-state index contributed by atoms with van der Waals surface area (Å²) < 4.78 is 6.12. The molecule has 0 saturated carbocycles. The van der Waals surface area contributed by atoms with E-state index in [9.17, 15) is 9.59 Å². The zero-order valence-corrected chi connectivity index (χ0v) is 11.2. The monoisotopic (exact) mass is 252 g/mol. The summed E-state index contributed by atoms with van der Waals surface area (Å²) in [4.78, 5) is 25.6. The molecule has 0 radical (unpaired) electrons. The minimum absolute atomic E-state index is 0.0829. The summed E-state index contributed by atoms with van der Waals surface area (Å²) >= 11 is 0. The van der Waals surface area contributed by atoms with Gasteiger partial charge < -0.3 is 14.2 Å². The van der Waals surface area contributed by atoms with Crippen molar-refractivity contribution in [3.05, 3.63) is 34.2 Å². The Hall–Kier alpha value is -1.62. The number of methoxy groups -OCH3 is 1. The van der Waals surface area contributed by atoms with E-state index in [2.05, 4.69) is 23.5 Å². The molecule has 1 heterocycles. The van der Waals surface area contributed by atoms with Crippen LogP contribution in [0.2, 0.25) is 0 Å². The number of hydrogen-bond donors (Lipinski definition) is 0. The quantitative estimate of drug-likeness (QED) is 0.708. The van der Waals surface area contributed by atoms with Crippen LogP contribution in [0.15, 0.2) is 23.1 Å². The van der Waals surface area contributed by atoms with Gasteiger partial charge in [-0.1, -0.05) is 13.8 Å². The number of carbonyl (C=O) groups excluding carboxylic acids is 1. The summed E-state index contributed by atoms with van der Waals surface area (Å²) in [7, 11) is 1.27. The van der Waals surface area contributed by atoms with Crippen LogP contribution in [0.25, 0.3) is 0 Å². The second-order valence-corrected chi connectivity index (χ2v) is 3.94. The van der Waals surface area contributed by atoms with Gasteiger partial charge in [-0.25, -0.2) is 4.79 Å². The predicted octanol–water partition coefficient (Wildman–Crippen LogP) is 0.977. The number of ether oxygens (including phenoxy) is 1. The predicted molar refractivity (Wildman–Crippen MR) is 69.8 cm³/mol. The van der Waals surface area contributed by atoms with Crippen molar-refractivity contribution in [1.82, 2.24) is 9.47 Å². The van der Waals surface area contributed by atoms with Gasteiger partial charge in [0, 0.05) is 19.3 Å². The van der Waals surface area contributed by atoms with Gasteiger partial charge in [0.1, 0.15) is 5.56 Å². The van der Waals surface area contributed by atoms with Crippen molar-refractivity contribution in [2.45, 2.75) is 20.4 Å². The number of carbonyl (C=O) groups is 1. The molecule has 0 amide bonds. The Morgan fingerprint density at radius 2 is 2.06 bits per heavy atom. The lowest BCUT2D eigenvalue weighted by Gasteiger charge is -2.18. The third kappa shape index (κ3) is 3.43. The highest BCUT2D eigenvalue weighted by atomic mass is 16.5. The fourth-order valence-corrected chi connectivity index (χ4v) is 1.77. The Kier molecular flexibility index (Phi) is 5.58. The molecule has 1 aromatic heterocycles. The maximum Gasteiger partial charge on any atom is 0.343 e. The van der Waals surface area contributed by atoms with E-state index in [0.29, 0.717) is 6.54 Å². The van der Waals surface area contributed by atoms with Crippen LogP contribution in [0.5, 0.6) is 0 Å². The van der Waals surface area contributed by atoms with Crippen LogP contribution in [0.4, 0.5) is 0 Å². The van der Waals surface area contributed by atoms with Gasteiger partial charge in [0.05, 0.1) is 7.11 Å². The van der Waals surface area contributed by atoms with E-state index >= 15 is 0 Å². The van der Waals surface area contributed by atoms with Gasteiger partial charge in [0.15, 0.2) is 0 Å². The Bertz CT molecular complexity index is 450. The SMILES string of the molecule is CCN(CC)CCn1cccc(C(=O)OC)c1=O. The smallest absolute Gasteiger partial charge is 0.343 e. The van der Waals surface area contributed by atoms with Crippen molar-refractivity contribution in [1.29, 1.82) is 0 Å². The standard InChI is InChI=1S/C13H20N2O3/c1-4-14(5-2)9-10-15-8-6-7-11(12(15)16)13(17)18-3/h6-8H,4-5,9-10H2,1-3H3. The lowest BCUT2D eigenvalue weighted by Crippen LogP contribution is -2.32. The van der Waals surface area contributed by atoms with Crippen molar-refractivity contribution in [3.8, 4) is 0 Å². The molecule has 0 aromatic carbocycles. The number of hydrogen-bond acceptors (Lipinski definition) is 4. The maximum absolute atomic E-state index is 12.0. The number of esters is 1. The first kappa shape index (κ1) is 14.4. The van der Waals surface area contributed by atoms with E-state index in [4.69, 9.17) is 0 Å². The molecule has 0 spiro atoms. The number of rotatable bonds is 6. The molecule has 0 unspecified atom stereocenters. The molecule has 5 nitrogen and oxygen atoms in total. The minimum atomic E-state index is -0.586. The first-order valence-electron chi connectivity index (χ1n) is 6.14. The summed E-state index contributed by atoms with van der Waals surface area (Å²) in [6, 6.07) is 3.18. The van der Waals surface area contributed by atoms with Crippen molar-refractivity contribution < 1.29 is 9.53 Å². The van der Waals surface area contributed by atoms with Gasteiger partial charge in [-0.15, -0.1) is 0 Å². The summed E-state index contributed by atoms with van der Waals surface area (Å²) in [6.07, 6.45) is 1.69. The second-order valence-electron chi connectivity index (χ2n) is 3.94. The van der Waals surface area contributed by atoms with Crippen molar-refractivity contribution in [3.63, 3.8) is 0 Å². The zero-order valence-electron chi connectivity index (χ0n) is 11.2. The molecule has 0 saturated heterocycles. The second kappa shape index (κ2) is 6.96. The zero-order chi connectivity index (χ0) is 13.5. The average molecular weight is 252 g/mol. The van der Waals surface area contributed by atoms with Crippen LogP contribution in [-0.2, 0) is 11.3 Å². The summed E-state index contributed by atoms with van der Waals surface area (Å²) in [5.41, 5.74) is -0.212. The third-order valence-electron chi connectivity index (χ3n) is 2.98. The van der Waals surface area contributed by atoms with Crippen LogP contribution < -0.4 is 5.56 Å². The molecule has 1 aromatic rings. The Balaban J connectivity index is 2.84. The van der Waals surface area contributed by atoms with E-state index in [1.165, 1.54) is 13.2 Å². The van der Waals surface area contributed by atoms with E-state index < -0.39 is 5.97 Å². The Labute approximate surface area is 107 Å². The molecule has 0 atom stereocenters. The van der Waals surface area contributed by atoms with Gasteiger partial charge in [0.2, 0.25) is 0 Å². The number of likely N-dealkylation sites (N-methyl/N-ethyl adjacent to an activating group) is 1. The van der Waals surface area contributed by atoms with Gasteiger partial charge in [-0.2, -0.15) is 0 Å². The molecule has 0 aliphatic rings. The molecule has 0 fully saturated rings. The molecule has 100 valence electrons. The topological polar surface area (TPSA) is 51.5 Å². The molecule has 0 bridgehead atoms. The van der Waals surface area contributed by atoms with Crippen molar-refractivity contribution in [2.75, 3.05) is 26.7 Å². The van der Waals surface area contributed by atoms with E-state index in [0.717, 1.165) is 19.6 Å². The molecule has 0 aliphatic heterocycles.